The van der Waals surface area contributed by atoms with Gasteiger partial charge in [-0.1, -0.05) is 47.6 Å². The van der Waals surface area contributed by atoms with Crippen molar-refractivity contribution in [2.75, 3.05) is 22.1 Å². The quantitative estimate of drug-likeness (QED) is 0.352. The Hall–Kier alpha value is -3.30. The van der Waals surface area contributed by atoms with Crippen molar-refractivity contribution < 1.29 is 9.59 Å². The highest BCUT2D eigenvalue weighted by Crippen LogP contribution is 2.19. The van der Waals surface area contributed by atoms with E-state index < -0.39 is 11.5 Å². The van der Waals surface area contributed by atoms with Gasteiger partial charge in [0.1, 0.15) is 5.69 Å². The number of halogens is 1. The number of nitrogen functional groups attached to an aromatic ring is 1. The molecule has 0 atom stereocenters. The van der Waals surface area contributed by atoms with Crippen LogP contribution in [0.3, 0.4) is 0 Å². The molecule has 0 spiro atoms. The van der Waals surface area contributed by atoms with Gasteiger partial charge in [-0.05, 0) is 30.3 Å². The van der Waals surface area contributed by atoms with Gasteiger partial charge in [0.2, 0.25) is 5.91 Å². The number of nitrogens with two attached hydrogens (primary N) is 1. The molecule has 1 heterocycles. The van der Waals surface area contributed by atoms with E-state index in [2.05, 4.69) is 20.6 Å². The third-order valence-electron chi connectivity index (χ3n) is 3.65. The molecular formula is C19H16ClN5O3S. The maximum atomic E-state index is 12.3. The number of nitrogens with zero attached hydrogens (tertiary/aromatic N) is 1. The number of H-pyrrole nitrogens is 1. The molecule has 0 unspecified atom stereocenters. The molecule has 10 heteroatoms. The third kappa shape index (κ3) is 5.59. The standard InChI is InChI=1S/C19H16ClN5O3S/c20-12-7-4-8-13(9-12)22-14(26)10-29-19-24-16(21)15(18(28)25-19)23-17(27)11-5-2-1-3-6-11/h1-9H,10H2,(H,22,26)(H,23,27)(H3,21,24,25,28). The van der Waals surface area contributed by atoms with Crippen LogP contribution in [0.15, 0.2) is 64.5 Å². The molecular weight excluding hydrogens is 414 g/mol. The van der Waals surface area contributed by atoms with Crippen molar-refractivity contribution in [3.8, 4) is 0 Å². The molecule has 0 aliphatic rings. The number of hydrogen-bond donors (Lipinski definition) is 4. The Morgan fingerprint density at radius 1 is 1.10 bits per heavy atom. The first-order chi connectivity index (χ1) is 13.9. The van der Waals surface area contributed by atoms with E-state index in [0.717, 1.165) is 11.8 Å². The number of aromatic amines is 1. The molecule has 0 aliphatic heterocycles. The Labute approximate surface area is 174 Å². The van der Waals surface area contributed by atoms with Gasteiger partial charge in [0.25, 0.3) is 11.5 Å². The first-order valence-electron chi connectivity index (χ1n) is 8.37. The highest BCUT2D eigenvalue weighted by atomic mass is 35.5. The Morgan fingerprint density at radius 2 is 1.86 bits per heavy atom. The number of anilines is 3. The number of aromatic nitrogens is 2. The fraction of sp³-hybridized carbons (Fsp3) is 0.0526. The summed E-state index contributed by atoms with van der Waals surface area (Å²) in [6, 6.07) is 15.1. The molecule has 0 aliphatic carbocycles. The maximum Gasteiger partial charge on any atom is 0.277 e. The van der Waals surface area contributed by atoms with Crippen LogP contribution in [-0.2, 0) is 4.79 Å². The second-order valence-electron chi connectivity index (χ2n) is 5.80. The van der Waals surface area contributed by atoms with Gasteiger partial charge in [-0.3, -0.25) is 19.4 Å². The van der Waals surface area contributed by atoms with Crippen LogP contribution in [0, 0.1) is 0 Å². The summed E-state index contributed by atoms with van der Waals surface area (Å²) in [6.45, 7) is 0. The molecule has 0 fully saturated rings. The van der Waals surface area contributed by atoms with Crippen LogP contribution in [-0.4, -0.2) is 27.5 Å². The highest BCUT2D eigenvalue weighted by molar-refractivity contribution is 7.99. The largest absolute Gasteiger partial charge is 0.382 e. The van der Waals surface area contributed by atoms with E-state index in [4.69, 9.17) is 17.3 Å². The number of hydrogen-bond acceptors (Lipinski definition) is 6. The summed E-state index contributed by atoms with van der Waals surface area (Å²) in [7, 11) is 0. The molecule has 8 nitrogen and oxygen atoms in total. The van der Waals surface area contributed by atoms with Gasteiger partial charge < -0.3 is 16.4 Å². The number of carbonyl (C=O) groups is 2. The van der Waals surface area contributed by atoms with E-state index in [1.165, 1.54) is 0 Å². The van der Waals surface area contributed by atoms with E-state index in [1.54, 1.807) is 54.6 Å². The van der Waals surface area contributed by atoms with Gasteiger partial charge in [0.05, 0.1) is 5.75 Å². The lowest BCUT2D eigenvalue weighted by atomic mass is 10.2. The molecule has 148 valence electrons. The fourth-order valence-corrected chi connectivity index (χ4v) is 3.19. The smallest absolute Gasteiger partial charge is 0.277 e. The zero-order valence-electron chi connectivity index (χ0n) is 14.9. The van der Waals surface area contributed by atoms with Crippen LogP contribution in [0.1, 0.15) is 10.4 Å². The highest BCUT2D eigenvalue weighted by Gasteiger charge is 2.14. The van der Waals surface area contributed by atoms with Gasteiger partial charge in [0.15, 0.2) is 11.0 Å². The average Bonchev–Trinajstić information content (AvgIpc) is 2.69. The SMILES string of the molecule is Nc1nc(SCC(=O)Nc2cccc(Cl)c2)[nH]c(=O)c1NC(=O)c1ccccc1. The number of amides is 2. The van der Waals surface area contributed by atoms with E-state index in [-0.39, 0.29) is 28.3 Å². The minimum absolute atomic E-state index is 0.00931. The predicted molar refractivity (Wildman–Crippen MR) is 114 cm³/mol. The summed E-state index contributed by atoms with van der Waals surface area (Å²) >= 11 is 6.88. The zero-order chi connectivity index (χ0) is 20.8. The normalized spacial score (nSPS) is 10.4. The monoisotopic (exact) mass is 429 g/mol. The van der Waals surface area contributed by atoms with E-state index >= 15 is 0 Å². The molecule has 3 rings (SSSR count). The molecule has 0 radical (unpaired) electrons. The molecule has 1 aromatic heterocycles. The van der Waals surface area contributed by atoms with Crippen molar-refractivity contribution in [3.05, 3.63) is 75.5 Å². The number of carbonyl (C=O) groups excluding carboxylic acids is 2. The first kappa shape index (κ1) is 20.4. The Balaban J connectivity index is 1.64. The summed E-state index contributed by atoms with van der Waals surface area (Å²) in [4.78, 5) is 43.1. The van der Waals surface area contributed by atoms with Crippen molar-refractivity contribution >= 4 is 52.4 Å². The summed E-state index contributed by atoms with van der Waals surface area (Å²) in [6.07, 6.45) is 0. The maximum absolute atomic E-state index is 12.3. The van der Waals surface area contributed by atoms with Crippen LogP contribution >= 0.6 is 23.4 Å². The van der Waals surface area contributed by atoms with Crippen molar-refractivity contribution in [1.29, 1.82) is 0 Å². The predicted octanol–water partition coefficient (Wildman–Crippen LogP) is 2.99. The van der Waals surface area contributed by atoms with Crippen LogP contribution in [0.25, 0.3) is 0 Å². The zero-order valence-corrected chi connectivity index (χ0v) is 16.5. The molecule has 3 aromatic rings. The first-order valence-corrected chi connectivity index (χ1v) is 9.73. The Bertz CT molecular complexity index is 1100. The van der Waals surface area contributed by atoms with Gasteiger partial charge >= 0.3 is 0 Å². The van der Waals surface area contributed by atoms with Crippen molar-refractivity contribution in [1.82, 2.24) is 9.97 Å². The lowest BCUT2D eigenvalue weighted by molar-refractivity contribution is -0.113. The van der Waals surface area contributed by atoms with Gasteiger partial charge in [-0.25, -0.2) is 4.98 Å². The summed E-state index contributed by atoms with van der Waals surface area (Å²) in [5.41, 5.74) is 6.00. The molecule has 5 N–H and O–H groups in total. The van der Waals surface area contributed by atoms with E-state index in [1.807, 2.05) is 0 Å². The summed E-state index contributed by atoms with van der Waals surface area (Å²) < 4.78 is 0. The molecule has 0 saturated heterocycles. The second kappa shape index (κ2) is 9.26. The molecule has 2 amide bonds. The average molecular weight is 430 g/mol. The van der Waals surface area contributed by atoms with Crippen LogP contribution in [0.2, 0.25) is 5.02 Å². The van der Waals surface area contributed by atoms with Crippen LogP contribution < -0.4 is 21.9 Å². The summed E-state index contributed by atoms with van der Waals surface area (Å²) in [5, 5.41) is 5.80. The lowest BCUT2D eigenvalue weighted by Gasteiger charge is -2.09. The number of nitrogens with one attached hydrogen (secondary N) is 3. The minimum Gasteiger partial charge on any atom is -0.382 e. The topological polar surface area (TPSA) is 130 Å². The molecule has 0 bridgehead atoms. The van der Waals surface area contributed by atoms with E-state index in [0.29, 0.717) is 16.3 Å². The molecule has 0 saturated carbocycles. The third-order valence-corrected chi connectivity index (χ3v) is 4.76. The van der Waals surface area contributed by atoms with Crippen LogP contribution in [0.5, 0.6) is 0 Å². The van der Waals surface area contributed by atoms with Gasteiger partial charge in [0, 0.05) is 16.3 Å². The number of thioether (sulfide) groups is 1. The van der Waals surface area contributed by atoms with Crippen molar-refractivity contribution in [2.24, 2.45) is 0 Å². The minimum atomic E-state index is -0.612. The Kier molecular flexibility index (Phi) is 6.53. The Morgan fingerprint density at radius 3 is 2.55 bits per heavy atom. The lowest BCUT2D eigenvalue weighted by Crippen LogP contribution is -2.23. The summed E-state index contributed by atoms with van der Waals surface area (Å²) in [5.74, 6) is -0.938. The fourth-order valence-electron chi connectivity index (χ4n) is 2.33. The number of rotatable bonds is 6. The van der Waals surface area contributed by atoms with Crippen LogP contribution in [0.4, 0.5) is 17.2 Å². The van der Waals surface area contributed by atoms with Crippen molar-refractivity contribution in [2.45, 2.75) is 5.16 Å². The van der Waals surface area contributed by atoms with Gasteiger partial charge in [-0.15, -0.1) is 0 Å². The van der Waals surface area contributed by atoms with E-state index in [9.17, 15) is 14.4 Å². The number of benzene rings is 2. The van der Waals surface area contributed by atoms with Crippen molar-refractivity contribution in [3.63, 3.8) is 0 Å². The molecule has 29 heavy (non-hydrogen) atoms. The van der Waals surface area contributed by atoms with Gasteiger partial charge in [-0.2, -0.15) is 0 Å². The molecule has 2 aromatic carbocycles. The second-order valence-corrected chi connectivity index (χ2v) is 7.20.